The Hall–Kier alpha value is -2.38. The molecular weight excluding hydrogens is 345 g/mol. The van der Waals surface area contributed by atoms with Crippen LogP contribution in [-0.4, -0.2) is 34.2 Å². The highest BCUT2D eigenvalue weighted by atomic mass is 32.2. The van der Waals surface area contributed by atoms with Crippen LogP contribution in [0, 0.1) is 5.82 Å². The second kappa shape index (κ2) is 7.67. The monoisotopic (exact) mass is 361 g/mol. The molecule has 2 atom stereocenters. The van der Waals surface area contributed by atoms with E-state index in [9.17, 15) is 19.1 Å². The van der Waals surface area contributed by atoms with Gasteiger partial charge in [0.1, 0.15) is 11.6 Å². The molecule has 2 unspecified atom stereocenters. The van der Waals surface area contributed by atoms with Crippen LogP contribution in [0.1, 0.15) is 15.9 Å². The highest BCUT2D eigenvalue weighted by Crippen LogP contribution is 2.25. The SMILES string of the molecule is O=C(COc1ccc(CC2SC(O)NC2=O)cc1)c1cccc(F)c1. The first-order valence-electron chi connectivity index (χ1n) is 7.66. The first-order valence-corrected chi connectivity index (χ1v) is 8.60. The average molecular weight is 361 g/mol. The Morgan fingerprint density at radius 3 is 2.64 bits per heavy atom. The van der Waals surface area contributed by atoms with Crippen molar-refractivity contribution in [2.24, 2.45) is 0 Å². The van der Waals surface area contributed by atoms with Crippen LogP contribution < -0.4 is 10.1 Å². The number of halogens is 1. The third-order valence-corrected chi connectivity index (χ3v) is 4.80. The molecule has 25 heavy (non-hydrogen) atoms. The van der Waals surface area contributed by atoms with Crippen molar-refractivity contribution in [3.63, 3.8) is 0 Å². The predicted molar refractivity (Wildman–Crippen MR) is 91.9 cm³/mol. The van der Waals surface area contributed by atoms with Gasteiger partial charge in [-0.25, -0.2) is 4.39 Å². The summed E-state index contributed by atoms with van der Waals surface area (Å²) in [4.78, 5) is 23.6. The molecule has 0 aliphatic carbocycles. The topological polar surface area (TPSA) is 75.6 Å². The van der Waals surface area contributed by atoms with Gasteiger partial charge in [-0.05, 0) is 36.2 Å². The van der Waals surface area contributed by atoms with Crippen molar-refractivity contribution in [2.45, 2.75) is 17.2 Å². The molecule has 0 radical (unpaired) electrons. The van der Waals surface area contributed by atoms with E-state index in [1.165, 1.54) is 36.0 Å². The Balaban J connectivity index is 1.54. The number of aliphatic hydroxyl groups is 1. The van der Waals surface area contributed by atoms with Gasteiger partial charge >= 0.3 is 0 Å². The number of ketones is 1. The highest BCUT2D eigenvalue weighted by Gasteiger charge is 2.31. The Labute approximate surface area is 148 Å². The van der Waals surface area contributed by atoms with E-state index < -0.39 is 11.4 Å². The lowest BCUT2D eigenvalue weighted by Crippen LogP contribution is -2.27. The third kappa shape index (κ3) is 4.58. The number of carbonyl (C=O) groups excluding carboxylic acids is 2. The van der Waals surface area contributed by atoms with Crippen LogP contribution in [0.4, 0.5) is 4.39 Å². The first-order chi connectivity index (χ1) is 12.0. The number of ether oxygens (including phenoxy) is 1. The number of Topliss-reactive ketones (excluding diaryl/α,β-unsaturated/α-hetero) is 1. The Kier molecular flexibility index (Phi) is 5.35. The van der Waals surface area contributed by atoms with Gasteiger partial charge in [0.25, 0.3) is 0 Å². The van der Waals surface area contributed by atoms with E-state index in [1.807, 2.05) is 0 Å². The van der Waals surface area contributed by atoms with Gasteiger partial charge in [-0.3, -0.25) is 9.59 Å². The molecule has 1 aliphatic rings. The zero-order valence-corrected chi connectivity index (χ0v) is 14.0. The van der Waals surface area contributed by atoms with E-state index in [0.29, 0.717) is 12.2 Å². The quantitative estimate of drug-likeness (QED) is 0.771. The minimum Gasteiger partial charge on any atom is -0.485 e. The molecule has 1 saturated heterocycles. The van der Waals surface area contributed by atoms with Crippen LogP contribution in [0.15, 0.2) is 48.5 Å². The van der Waals surface area contributed by atoms with Crippen LogP contribution in [0.25, 0.3) is 0 Å². The number of aliphatic hydroxyl groups excluding tert-OH is 1. The molecule has 3 rings (SSSR count). The summed E-state index contributed by atoms with van der Waals surface area (Å²) in [5.41, 5.74) is 0.332. The number of amides is 1. The molecule has 2 aromatic rings. The summed E-state index contributed by atoms with van der Waals surface area (Å²) in [7, 11) is 0. The zero-order chi connectivity index (χ0) is 17.8. The Morgan fingerprint density at radius 1 is 1.24 bits per heavy atom. The summed E-state index contributed by atoms with van der Waals surface area (Å²) in [6, 6.07) is 12.5. The number of nitrogens with one attached hydrogen (secondary N) is 1. The van der Waals surface area contributed by atoms with Crippen LogP contribution in [0.3, 0.4) is 0 Å². The number of benzene rings is 2. The molecule has 7 heteroatoms. The van der Waals surface area contributed by atoms with Gasteiger partial charge in [-0.2, -0.15) is 0 Å². The number of thioether (sulfide) groups is 1. The zero-order valence-electron chi connectivity index (χ0n) is 13.1. The van der Waals surface area contributed by atoms with Gasteiger partial charge in [0.2, 0.25) is 5.91 Å². The van der Waals surface area contributed by atoms with Gasteiger partial charge < -0.3 is 15.2 Å². The van der Waals surface area contributed by atoms with Gasteiger partial charge in [-0.1, -0.05) is 36.0 Å². The van der Waals surface area contributed by atoms with Crippen LogP contribution in [-0.2, 0) is 11.2 Å². The summed E-state index contributed by atoms with van der Waals surface area (Å²) in [5.74, 6) is -0.443. The molecule has 130 valence electrons. The molecular formula is C18H16FNO4S. The van der Waals surface area contributed by atoms with Gasteiger partial charge in [0, 0.05) is 5.56 Å². The summed E-state index contributed by atoms with van der Waals surface area (Å²) in [6.07, 6.45) is 0.496. The number of carbonyl (C=O) groups is 2. The fourth-order valence-electron chi connectivity index (χ4n) is 2.44. The first kappa shape index (κ1) is 17.4. The van der Waals surface area contributed by atoms with Gasteiger partial charge in [0.15, 0.2) is 18.0 Å². The molecule has 0 aromatic heterocycles. The Bertz CT molecular complexity index is 781. The van der Waals surface area contributed by atoms with Gasteiger partial charge in [-0.15, -0.1) is 0 Å². The van der Waals surface area contributed by atoms with Crippen molar-refractivity contribution in [2.75, 3.05) is 6.61 Å². The lowest BCUT2D eigenvalue weighted by molar-refractivity contribution is -0.121. The normalized spacial score (nSPS) is 19.5. The van der Waals surface area contributed by atoms with Crippen LogP contribution >= 0.6 is 11.8 Å². The average Bonchev–Trinajstić information content (AvgIpc) is 2.91. The lowest BCUT2D eigenvalue weighted by Gasteiger charge is -2.09. The van der Waals surface area contributed by atoms with Crippen molar-refractivity contribution in [1.82, 2.24) is 5.32 Å². The highest BCUT2D eigenvalue weighted by molar-refractivity contribution is 8.01. The molecule has 1 heterocycles. The predicted octanol–water partition coefficient (Wildman–Crippen LogP) is 2.14. The standard InChI is InChI=1S/C18H16FNO4S/c19-13-3-1-2-12(9-13)15(21)10-24-14-6-4-11(5-7-14)8-16-17(22)20-18(23)25-16/h1-7,9,16,18,23H,8,10H2,(H,20,22). The minimum atomic E-state index is -0.853. The Morgan fingerprint density at radius 2 is 2.00 bits per heavy atom. The summed E-state index contributed by atoms with van der Waals surface area (Å²) in [6.45, 7) is -0.185. The molecule has 2 N–H and O–H groups in total. The maximum absolute atomic E-state index is 13.1. The summed E-state index contributed by atoms with van der Waals surface area (Å²) < 4.78 is 18.5. The van der Waals surface area contributed by atoms with Crippen LogP contribution in [0.5, 0.6) is 5.75 Å². The van der Waals surface area contributed by atoms with E-state index in [0.717, 1.165) is 5.56 Å². The molecule has 5 nitrogen and oxygen atoms in total. The fourth-order valence-corrected chi connectivity index (χ4v) is 3.41. The van der Waals surface area contributed by atoms with Crippen molar-refractivity contribution < 1.29 is 23.8 Å². The van der Waals surface area contributed by atoms with E-state index in [2.05, 4.69) is 5.32 Å². The van der Waals surface area contributed by atoms with Crippen molar-refractivity contribution in [3.8, 4) is 5.75 Å². The minimum absolute atomic E-state index is 0.182. The van der Waals surface area contributed by atoms with Crippen LogP contribution in [0.2, 0.25) is 0 Å². The molecule has 0 saturated carbocycles. The fraction of sp³-hybridized carbons (Fsp3) is 0.222. The molecule has 1 fully saturated rings. The maximum atomic E-state index is 13.1. The second-order valence-electron chi connectivity index (χ2n) is 5.56. The summed E-state index contributed by atoms with van der Waals surface area (Å²) >= 11 is 1.17. The smallest absolute Gasteiger partial charge is 0.236 e. The van der Waals surface area contributed by atoms with Gasteiger partial charge in [0.05, 0.1) is 5.25 Å². The second-order valence-corrected chi connectivity index (χ2v) is 6.84. The van der Waals surface area contributed by atoms with E-state index in [4.69, 9.17) is 4.74 Å². The number of hydrogen-bond donors (Lipinski definition) is 2. The summed E-state index contributed by atoms with van der Waals surface area (Å²) in [5, 5.41) is 11.5. The molecule has 0 bridgehead atoms. The number of hydrogen-bond acceptors (Lipinski definition) is 5. The van der Waals surface area contributed by atoms with Crippen molar-refractivity contribution in [3.05, 3.63) is 65.5 Å². The van der Waals surface area contributed by atoms with E-state index in [1.54, 1.807) is 24.3 Å². The van der Waals surface area contributed by atoms with E-state index >= 15 is 0 Å². The van der Waals surface area contributed by atoms with Crippen molar-refractivity contribution >= 4 is 23.5 Å². The molecule has 2 aromatic carbocycles. The molecule has 0 spiro atoms. The van der Waals surface area contributed by atoms with E-state index in [-0.39, 0.29) is 29.1 Å². The maximum Gasteiger partial charge on any atom is 0.236 e. The largest absolute Gasteiger partial charge is 0.485 e. The molecule has 1 aliphatic heterocycles. The lowest BCUT2D eigenvalue weighted by atomic mass is 10.1. The number of rotatable bonds is 6. The molecule has 1 amide bonds. The third-order valence-electron chi connectivity index (χ3n) is 3.71. The van der Waals surface area contributed by atoms with Crippen molar-refractivity contribution in [1.29, 1.82) is 0 Å².